The molecule has 4 heteroatoms. The molecule has 1 aromatic carbocycles. The molecule has 1 saturated heterocycles. The van der Waals surface area contributed by atoms with E-state index in [-0.39, 0.29) is 5.91 Å². The molecule has 0 atom stereocenters. The van der Waals surface area contributed by atoms with Crippen LogP contribution in [0, 0.1) is 0 Å². The van der Waals surface area contributed by atoms with Crippen molar-refractivity contribution in [2.24, 2.45) is 0 Å². The number of amides is 1. The van der Waals surface area contributed by atoms with Crippen LogP contribution < -0.4 is 5.73 Å². The monoisotopic (exact) mass is 206 g/mol. The maximum absolute atomic E-state index is 11.9. The Hall–Kier alpha value is -1.55. The summed E-state index contributed by atoms with van der Waals surface area (Å²) in [5, 5.41) is 1.40. The van der Waals surface area contributed by atoms with Gasteiger partial charge in [0.1, 0.15) is 0 Å². The summed E-state index contributed by atoms with van der Waals surface area (Å²) in [6.07, 6.45) is 1.99. The van der Waals surface area contributed by atoms with Crippen LogP contribution in [0.5, 0.6) is 0 Å². The van der Waals surface area contributed by atoms with Crippen molar-refractivity contribution in [3.8, 4) is 0 Å². The molecule has 0 radical (unpaired) electrons. The summed E-state index contributed by atoms with van der Waals surface area (Å²) in [6, 6.07) is 7.05. The van der Waals surface area contributed by atoms with Gasteiger partial charge in [-0.25, -0.2) is 5.06 Å². The van der Waals surface area contributed by atoms with Gasteiger partial charge >= 0.3 is 0 Å². The summed E-state index contributed by atoms with van der Waals surface area (Å²) in [4.78, 5) is 17.2. The molecule has 1 aliphatic rings. The highest BCUT2D eigenvalue weighted by Gasteiger charge is 2.20. The minimum atomic E-state index is -0.146. The molecular weight excluding hydrogens is 192 g/mol. The topological polar surface area (TPSA) is 55.6 Å². The van der Waals surface area contributed by atoms with Crippen LogP contribution >= 0.6 is 0 Å². The highest BCUT2D eigenvalue weighted by Crippen LogP contribution is 2.16. The summed E-state index contributed by atoms with van der Waals surface area (Å²) >= 11 is 0. The number of hydroxylamine groups is 2. The maximum Gasteiger partial charge on any atom is 0.279 e. The van der Waals surface area contributed by atoms with Crippen LogP contribution in [-0.2, 0) is 4.84 Å². The third kappa shape index (κ3) is 2.10. The standard InChI is InChI=1S/C11H14N2O2/c12-10-6-2-1-5-9(10)11(14)13-7-3-4-8-15-13/h1-2,5-6H,3-4,7-8,12H2. The molecule has 15 heavy (non-hydrogen) atoms. The van der Waals surface area contributed by atoms with Crippen molar-refractivity contribution < 1.29 is 9.63 Å². The summed E-state index contributed by atoms with van der Waals surface area (Å²) in [7, 11) is 0. The number of anilines is 1. The lowest BCUT2D eigenvalue weighted by Gasteiger charge is -2.26. The Balaban J connectivity index is 2.16. The maximum atomic E-state index is 11.9. The first-order chi connectivity index (χ1) is 7.29. The van der Waals surface area contributed by atoms with E-state index in [1.54, 1.807) is 18.2 Å². The van der Waals surface area contributed by atoms with E-state index in [1.165, 1.54) is 5.06 Å². The van der Waals surface area contributed by atoms with Gasteiger partial charge in [-0.1, -0.05) is 12.1 Å². The van der Waals surface area contributed by atoms with Gasteiger partial charge in [-0.15, -0.1) is 0 Å². The lowest BCUT2D eigenvalue weighted by atomic mass is 10.1. The molecule has 2 rings (SSSR count). The fourth-order valence-corrected chi connectivity index (χ4v) is 1.58. The van der Waals surface area contributed by atoms with Crippen molar-refractivity contribution in [1.29, 1.82) is 0 Å². The van der Waals surface area contributed by atoms with Gasteiger partial charge in [-0.05, 0) is 25.0 Å². The predicted octanol–water partition coefficient (Wildman–Crippen LogP) is 1.44. The Morgan fingerprint density at radius 1 is 1.33 bits per heavy atom. The SMILES string of the molecule is Nc1ccccc1C(=O)N1CCCCO1. The number of nitrogens with zero attached hydrogens (tertiary/aromatic N) is 1. The molecule has 4 nitrogen and oxygen atoms in total. The van der Waals surface area contributed by atoms with Crippen LogP contribution in [0.1, 0.15) is 23.2 Å². The van der Waals surface area contributed by atoms with Crippen LogP contribution in [-0.4, -0.2) is 24.1 Å². The number of nitrogens with two attached hydrogens (primary N) is 1. The molecule has 0 saturated carbocycles. The van der Waals surface area contributed by atoms with Crippen molar-refractivity contribution >= 4 is 11.6 Å². The summed E-state index contributed by atoms with van der Waals surface area (Å²) < 4.78 is 0. The summed E-state index contributed by atoms with van der Waals surface area (Å²) in [5.41, 5.74) is 6.74. The Bertz CT molecular complexity index is 359. The lowest BCUT2D eigenvalue weighted by Crippen LogP contribution is -2.36. The van der Waals surface area contributed by atoms with Crippen LogP contribution in [0.2, 0.25) is 0 Å². The first-order valence-corrected chi connectivity index (χ1v) is 5.08. The molecule has 0 aromatic heterocycles. The molecular formula is C11H14N2O2. The summed E-state index contributed by atoms with van der Waals surface area (Å²) in [5.74, 6) is -0.146. The molecule has 0 unspecified atom stereocenters. The van der Waals surface area contributed by atoms with Gasteiger partial charge in [0.25, 0.3) is 5.91 Å². The Morgan fingerprint density at radius 3 is 2.80 bits per heavy atom. The number of para-hydroxylation sites is 1. The van der Waals surface area contributed by atoms with Gasteiger partial charge in [0.2, 0.25) is 0 Å². The van der Waals surface area contributed by atoms with Crippen molar-refractivity contribution in [3.05, 3.63) is 29.8 Å². The molecule has 1 fully saturated rings. The second-order valence-electron chi connectivity index (χ2n) is 3.53. The quantitative estimate of drug-likeness (QED) is 0.707. The van der Waals surface area contributed by atoms with Crippen molar-refractivity contribution in [2.75, 3.05) is 18.9 Å². The van der Waals surface area contributed by atoms with Gasteiger partial charge in [0.05, 0.1) is 12.2 Å². The predicted molar refractivity (Wildman–Crippen MR) is 57.1 cm³/mol. The second kappa shape index (κ2) is 4.31. The van der Waals surface area contributed by atoms with Crippen molar-refractivity contribution in [1.82, 2.24) is 5.06 Å². The highest BCUT2D eigenvalue weighted by atomic mass is 16.7. The van der Waals surface area contributed by atoms with E-state index in [1.807, 2.05) is 6.07 Å². The second-order valence-corrected chi connectivity index (χ2v) is 3.53. The number of hydrogen-bond donors (Lipinski definition) is 1. The molecule has 2 N–H and O–H groups in total. The molecule has 1 aliphatic heterocycles. The van der Waals surface area contributed by atoms with Crippen LogP contribution in [0.4, 0.5) is 5.69 Å². The molecule has 80 valence electrons. The molecule has 1 amide bonds. The summed E-state index contributed by atoms with van der Waals surface area (Å²) in [6.45, 7) is 1.26. The van der Waals surface area contributed by atoms with Crippen LogP contribution in [0.3, 0.4) is 0 Å². The Kier molecular flexibility index (Phi) is 2.87. The van der Waals surface area contributed by atoms with E-state index in [0.29, 0.717) is 24.4 Å². The molecule has 0 spiro atoms. The van der Waals surface area contributed by atoms with E-state index in [4.69, 9.17) is 10.6 Å². The first kappa shape index (κ1) is 9.98. The largest absolute Gasteiger partial charge is 0.398 e. The van der Waals surface area contributed by atoms with E-state index in [2.05, 4.69) is 0 Å². The number of nitrogen functional groups attached to an aromatic ring is 1. The van der Waals surface area contributed by atoms with Gasteiger partial charge in [0, 0.05) is 12.2 Å². The van der Waals surface area contributed by atoms with Crippen molar-refractivity contribution in [3.63, 3.8) is 0 Å². The third-order valence-corrected chi connectivity index (χ3v) is 2.42. The fourth-order valence-electron chi connectivity index (χ4n) is 1.58. The average molecular weight is 206 g/mol. The van der Waals surface area contributed by atoms with Crippen LogP contribution in [0.15, 0.2) is 24.3 Å². The fraction of sp³-hybridized carbons (Fsp3) is 0.364. The van der Waals surface area contributed by atoms with Crippen molar-refractivity contribution in [2.45, 2.75) is 12.8 Å². The smallest absolute Gasteiger partial charge is 0.279 e. The average Bonchev–Trinajstić information content (AvgIpc) is 2.30. The molecule has 0 aliphatic carbocycles. The van der Waals surface area contributed by atoms with E-state index >= 15 is 0 Å². The van der Waals surface area contributed by atoms with E-state index < -0.39 is 0 Å². The Morgan fingerprint density at radius 2 is 2.13 bits per heavy atom. The zero-order chi connectivity index (χ0) is 10.7. The number of carbonyl (C=O) groups is 1. The number of carbonyl (C=O) groups excluding carboxylic acids is 1. The molecule has 1 aromatic rings. The normalized spacial score (nSPS) is 16.4. The minimum absolute atomic E-state index is 0.146. The zero-order valence-corrected chi connectivity index (χ0v) is 8.48. The number of benzene rings is 1. The van der Waals surface area contributed by atoms with Gasteiger partial charge < -0.3 is 5.73 Å². The number of rotatable bonds is 1. The molecule has 0 bridgehead atoms. The van der Waals surface area contributed by atoms with Gasteiger partial charge in [-0.2, -0.15) is 0 Å². The highest BCUT2D eigenvalue weighted by molar-refractivity contribution is 5.98. The third-order valence-electron chi connectivity index (χ3n) is 2.42. The molecule has 1 heterocycles. The van der Waals surface area contributed by atoms with Gasteiger partial charge in [0.15, 0.2) is 0 Å². The number of hydrogen-bond acceptors (Lipinski definition) is 3. The van der Waals surface area contributed by atoms with E-state index in [0.717, 1.165) is 12.8 Å². The van der Waals surface area contributed by atoms with Crippen LogP contribution in [0.25, 0.3) is 0 Å². The minimum Gasteiger partial charge on any atom is -0.398 e. The zero-order valence-electron chi connectivity index (χ0n) is 8.48. The van der Waals surface area contributed by atoms with Gasteiger partial charge in [-0.3, -0.25) is 9.63 Å². The Labute approximate surface area is 88.6 Å². The first-order valence-electron chi connectivity index (χ1n) is 5.08. The van der Waals surface area contributed by atoms with E-state index in [9.17, 15) is 4.79 Å². The lowest BCUT2D eigenvalue weighted by molar-refractivity contribution is -0.144.